The van der Waals surface area contributed by atoms with Gasteiger partial charge in [-0.25, -0.2) is 0 Å². The predicted octanol–water partition coefficient (Wildman–Crippen LogP) is -3.34. The van der Waals surface area contributed by atoms with Crippen molar-refractivity contribution in [1.29, 1.82) is 0 Å². The fourth-order valence-corrected chi connectivity index (χ4v) is 1.82. The van der Waals surface area contributed by atoms with E-state index in [-0.39, 0.29) is 6.29 Å². The minimum atomic E-state index is -4.55. The minimum Gasteiger partial charge on any atom is -0.389 e. The molecule has 18 heavy (non-hydrogen) atoms. The molecule has 0 fully saturated rings. The van der Waals surface area contributed by atoms with Crippen LogP contribution < -0.4 is 5.32 Å². The van der Waals surface area contributed by atoms with E-state index in [2.05, 4.69) is 0 Å². The zero-order valence-corrected chi connectivity index (χ0v) is 10.2. The van der Waals surface area contributed by atoms with Gasteiger partial charge in [0.1, 0.15) is 30.3 Å². The number of amides is 1. The number of rotatable bonds is 7. The topological polar surface area (TPSA) is 161 Å². The van der Waals surface area contributed by atoms with Crippen LogP contribution in [0.1, 0.15) is 6.92 Å². The van der Waals surface area contributed by atoms with E-state index in [9.17, 15) is 33.3 Å². The molecule has 4 atom stereocenters. The third-order valence-corrected chi connectivity index (χ3v) is 2.77. The Bertz CT molecular complexity index is 394. The van der Waals surface area contributed by atoms with E-state index >= 15 is 0 Å². The Morgan fingerprint density at radius 3 is 2.11 bits per heavy atom. The Hall–Kier alpha value is -1.07. The number of hydrogen-bond donors (Lipinski definition) is 5. The normalized spacial score (nSPS) is 18.5. The van der Waals surface area contributed by atoms with E-state index in [0.29, 0.717) is 0 Å². The summed E-state index contributed by atoms with van der Waals surface area (Å²) in [6.07, 6.45) is -5.83. The first-order chi connectivity index (χ1) is 8.08. The van der Waals surface area contributed by atoms with Crippen LogP contribution in [0.4, 0.5) is 0 Å². The summed E-state index contributed by atoms with van der Waals surface area (Å²) in [6.45, 7) is 1.06. The average Bonchev–Trinajstić information content (AvgIpc) is 2.21. The summed E-state index contributed by atoms with van der Waals surface area (Å²) >= 11 is 0. The molecular formula is C8H15NO8S. The summed E-state index contributed by atoms with van der Waals surface area (Å²) < 4.78 is 29.3. The van der Waals surface area contributed by atoms with Gasteiger partial charge in [-0.3, -0.25) is 9.35 Å². The maximum atomic E-state index is 10.7. The molecule has 0 aliphatic heterocycles. The predicted molar refractivity (Wildman–Crippen MR) is 58.1 cm³/mol. The van der Waals surface area contributed by atoms with Crippen LogP contribution in [-0.4, -0.2) is 70.6 Å². The van der Waals surface area contributed by atoms with Gasteiger partial charge in [0.2, 0.25) is 5.91 Å². The lowest BCUT2D eigenvalue weighted by Crippen LogP contribution is -2.53. The molecule has 0 unspecified atom stereocenters. The number of aldehydes is 1. The van der Waals surface area contributed by atoms with E-state index in [0.717, 1.165) is 6.92 Å². The molecule has 10 heteroatoms. The van der Waals surface area contributed by atoms with Crippen LogP contribution in [0.3, 0.4) is 0 Å². The van der Waals surface area contributed by atoms with Gasteiger partial charge in [0.05, 0.1) is 6.10 Å². The van der Waals surface area contributed by atoms with Crippen LogP contribution >= 0.6 is 0 Å². The standard InChI is InChI=1S/C8H15NO8S/c1-4(11)9-5(2-10)7(13)8(14)6(12)3-18(15,16)17/h2,5-8,12-14H,3H2,1H3,(H,9,11)(H,15,16,17)/t5-,6+,7+,8+/m0/s1. The Kier molecular flexibility index (Phi) is 6.35. The van der Waals surface area contributed by atoms with Gasteiger partial charge >= 0.3 is 0 Å². The van der Waals surface area contributed by atoms with Crippen molar-refractivity contribution in [3.8, 4) is 0 Å². The van der Waals surface area contributed by atoms with Crippen LogP contribution in [0.2, 0.25) is 0 Å². The lowest BCUT2D eigenvalue weighted by Gasteiger charge is -2.26. The average molecular weight is 285 g/mol. The van der Waals surface area contributed by atoms with Crippen molar-refractivity contribution in [2.45, 2.75) is 31.3 Å². The molecule has 0 heterocycles. The molecule has 0 radical (unpaired) electrons. The molecular weight excluding hydrogens is 270 g/mol. The molecule has 0 saturated heterocycles. The van der Waals surface area contributed by atoms with Crippen molar-refractivity contribution >= 4 is 22.3 Å². The maximum absolute atomic E-state index is 10.7. The van der Waals surface area contributed by atoms with Crippen LogP contribution in [0, 0.1) is 0 Å². The monoisotopic (exact) mass is 285 g/mol. The molecule has 9 nitrogen and oxygen atoms in total. The van der Waals surface area contributed by atoms with Gasteiger partial charge in [0.25, 0.3) is 10.1 Å². The molecule has 0 aliphatic rings. The quantitative estimate of drug-likeness (QED) is 0.239. The van der Waals surface area contributed by atoms with Gasteiger partial charge in [0.15, 0.2) is 0 Å². The summed E-state index contributed by atoms with van der Waals surface area (Å²) in [6, 6.07) is -1.51. The van der Waals surface area contributed by atoms with Crippen molar-refractivity contribution in [2.75, 3.05) is 5.75 Å². The Morgan fingerprint density at radius 1 is 1.28 bits per heavy atom. The van der Waals surface area contributed by atoms with Crippen LogP contribution in [-0.2, 0) is 19.7 Å². The van der Waals surface area contributed by atoms with Gasteiger partial charge in [-0.05, 0) is 0 Å². The number of nitrogens with one attached hydrogen (secondary N) is 1. The molecule has 0 aromatic carbocycles. The van der Waals surface area contributed by atoms with Gasteiger partial charge in [-0.2, -0.15) is 8.42 Å². The zero-order valence-electron chi connectivity index (χ0n) is 9.42. The third kappa shape index (κ3) is 6.02. The van der Waals surface area contributed by atoms with Crippen molar-refractivity contribution < 1.29 is 37.9 Å². The summed E-state index contributed by atoms with van der Waals surface area (Å²) in [5.41, 5.74) is 0. The summed E-state index contributed by atoms with van der Waals surface area (Å²) in [4.78, 5) is 21.2. The molecule has 0 saturated carbocycles. The fraction of sp³-hybridized carbons (Fsp3) is 0.750. The maximum Gasteiger partial charge on any atom is 0.267 e. The first-order valence-electron chi connectivity index (χ1n) is 4.80. The second-order valence-electron chi connectivity index (χ2n) is 3.66. The SMILES string of the molecule is CC(=O)N[C@@H](C=O)[C@@H](O)[C@H](O)[C@H](O)CS(=O)(=O)O. The molecule has 0 spiro atoms. The summed E-state index contributed by atoms with van der Waals surface area (Å²) in [7, 11) is -4.55. The van der Waals surface area contributed by atoms with Crippen LogP contribution in [0.5, 0.6) is 0 Å². The Balaban J connectivity index is 4.69. The number of hydrogen-bond acceptors (Lipinski definition) is 7. The molecule has 0 rings (SSSR count). The van der Waals surface area contributed by atoms with Gasteiger partial charge < -0.3 is 25.4 Å². The molecule has 106 valence electrons. The van der Waals surface area contributed by atoms with E-state index in [4.69, 9.17) is 4.55 Å². The molecule has 0 aromatic rings. The van der Waals surface area contributed by atoms with E-state index in [1.54, 1.807) is 0 Å². The van der Waals surface area contributed by atoms with E-state index in [1.807, 2.05) is 5.32 Å². The van der Waals surface area contributed by atoms with E-state index < -0.39 is 46.1 Å². The van der Waals surface area contributed by atoms with Crippen molar-refractivity contribution in [2.24, 2.45) is 0 Å². The summed E-state index contributed by atoms with van der Waals surface area (Å²) in [5.74, 6) is -1.88. The zero-order chi connectivity index (χ0) is 14.5. The van der Waals surface area contributed by atoms with Crippen LogP contribution in [0.15, 0.2) is 0 Å². The minimum absolute atomic E-state index is 0.120. The third-order valence-electron chi connectivity index (χ3n) is 2.01. The number of carbonyl (C=O) groups excluding carboxylic acids is 2. The van der Waals surface area contributed by atoms with E-state index in [1.165, 1.54) is 0 Å². The number of carbonyl (C=O) groups is 2. The Labute approximate surface area is 103 Å². The first-order valence-corrected chi connectivity index (χ1v) is 6.41. The number of aliphatic hydroxyl groups is 3. The molecule has 1 amide bonds. The highest BCUT2D eigenvalue weighted by atomic mass is 32.2. The molecule has 5 N–H and O–H groups in total. The molecule has 0 bridgehead atoms. The lowest BCUT2D eigenvalue weighted by molar-refractivity contribution is -0.128. The van der Waals surface area contributed by atoms with Crippen molar-refractivity contribution in [3.05, 3.63) is 0 Å². The Morgan fingerprint density at radius 2 is 1.78 bits per heavy atom. The van der Waals surface area contributed by atoms with Gasteiger partial charge in [-0.15, -0.1) is 0 Å². The second kappa shape index (κ2) is 6.75. The van der Waals surface area contributed by atoms with Crippen molar-refractivity contribution in [3.63, 3.8) is 0 Å². The molecule has 0 aliphatic carbocycles. The van der Waals surface area contributed by atoms with Crippen LogP contribution in [0.25, 0.3) is 0 Å². The first kappa shape index (κ1) is 16.9. The number of aliphatic hydroxyl groups excluding tert-OH is 3. The lowest BCUT2D eigenvalue weighted by atomic mass is 10.0. The van der Waals surface area contributed by atoms with Gasteiger partial charge in [-0.1, -0.05) is 0 Å². The summed E-state index contributed by atoms with van der Waals surface area (Å²) in [5, 5.41) is 30.1. The highest BCUT2D eigenvalue weighted by Crippen LogP contribution is 2.06. The largest absolute Gasteiger partial charge is 0.389 e. The smallest absolute Gasteiger partial charge is 0.267 e. The fourth-order valence-electron chi connectivity index (χ4n) is 1.19. The van der Waals surface area contributed by atoms with Crippen molar-refractivity contribution in [1.82, 2.24) is 5.32 Å². The highest BCUT2D eigenvalue weighted by Gasteiger charge is 2.33. The second-order valence-corrected chi connectivity index (χ2v) is 5.16. The molecule has 0 aromatic heterocycles. The highest BCUT2D eigenvalue weighted by molar-refractivity contribution is 7.85. The van der Waals surface area contributed by atoms with Gasteiger partial charge in [0, 0.05) is 6.92 Å².